The summed E-state index contributed by atoms with van der Waals surface area (Å²) in [5, 5.41) is 0. The van der Waals surface area contributed by atoms with Crippen LogP contribution < -0.4 is 0 Å². The highest BCUT2D eigenvalue weighted by molar-refractivity contribution is 6.80. The van der Waals surface area contributed by atoms with Crippen molar-refractivity contribution in [3.05, 3.63) is 48.6 Å². The van der Waals surface area contributed by atoms with Crippen molar-refractivity contribution in [1.29, 1.82) is 0 Å². The Morgan fingerprint density at radius 2 is 1.04 bits per heavy atom. The topological polar surface area (TPSA) is 0 Å². The van der Waals surface area contributed by atoms with Crippen LogP contribution in [-0.2, 0) is 0 Å². The molecule has 2 saturated carbocycles. The van der Waals surface area contributed by atoms with Gasteiger partial charge >= 0.3 is 0 Å². The smallest absolute Gasteiger partial charge is 0.0553 e. The highest BCUT2D eigenvalue weighted by Crippen LogP contribution is 2.62. The van der Waals surface area contributed by atoms with Crippen molar-refractivity contribution >= 4 is 8.07 Å². The first-order valence-corrected chi connectivity index (χ1v) is 12.9. The van der Waals surface area contributed by atoms with Gasteiger partial charge in [-0.3, -0.25) is 0 Å². The molecule has 124 valence electrons. The van der Waals surface area contributed by atoms with Crippen LogP contribution in [0.4, 0.5) is 0 Å². The first-order chi connectivity index (χ1) is 11.0. The second kappa shape index (κ2) is 5.62. The molecular formula is C22H32Si. The molecular weight excluding hydrogens is 292 g/mol. The minimum Gasteiger partial charge on any atom is -0.0808 e. The summed E-state index contributed by atoms with van der Waals surface area (Å²) in [5.74, 6) is 5.08. The van der Waals surface area contributed by atoms with Gasteiger partial charge in [0.1, 0.15) is 0 Å². The van der Waals surface area contributed by atoms with Crippen LogP contribution in [-0.4, -0.2) is 8.07 Å². The van der Waals surface area contributed by atoms with E-state index in [-0.39, 0.29) is 0 Å². The number of rotatable bonds is 2. The van der Waals surface area contributed by atoms with Gasteiger partial charge in [0.15, 0.2) is 0 Å². The minimum atomic E-state index is -1.35. The summed E-state index contributed by atoms with van der Waals surface area (Å²) >= 11 is 0. The third kappa shape index (κ3) is 2.38. The van der Waals surface area contributed by atoms with Gasteiger partial charge in [0.05, 0.1) is 8.07 Å². The highest BCUT2D eigenvalue weighted by Gasteiger charge is 2.56. The molecule has 4 aliphatic rings. The summed E-state index contributed by atoms with van der Waals surface area (Å²) in [6.45, 7) is 10.6. The monoisotopic (exact) mass is 324 g/mol. The first-order valence-electron chi connectivity index (χ1n) is 9.70. The first kappa shape index (κ1) is 15.7. The Morgan fingerprint density at radius 1 is 0.652 bits per heavy atom. The lowest BCUT2D eigenvalue weighted by atomic mass is 9.91. The molecule has 4 aliphatic carbocycles. The average Bonchev–Trinajstić information content (AvgIpc) is 3.02. The van der Waals surface area contributed by atoms with Crippen molar-refractivity contribution in [2.45, 2.75) is 50.9 Å². The lowest BCUT2D eigenvalue weighted by molar-refractivity contribution is 0.491. The lowest BCUT2D eigenvalue weighted by Gasteiger charge is -2.45. The lowest BCUT2D eigenvalue weighted by Crippen LogP contribution is -2.45. The third-order valence-electron chi connectivity index (χ3n) is 7.66. The van der Waals surface area contributed by atoms with Gasteiger partial charge in [0.25, 0.3) is 0 Å². The quantitative estimate of drug-likeness (QED) is 0.528. The van der Waals surface area contributed by atoms with E-state index in [9.17, 15) is 0 Å². The van der Waals surface area contributed by atoms with Crippen molar-refractivity contribution < 1.29 is 0 Å². The molecule has 0 aromatic rings. The van der Waals surface area contributed by atoms with Crippen LogP contribution in [0, 0.1) is 35.5 Å². The molecule has 2 fully saturated rings. The SMILES string of the molecule is CC1C[C@@H]2C=CC=C[C@@H]2C1[Si](C)(C)[C@H]1C(C)C[C@@H]2C=CC=C[C@@H]21. The van der Waals surface area contributed by atoms with Gasteiger partial charge in [-0.25, -0.2) is 0 Å². The zero-order valence-corrected chi connectivity index (χ0v) is 16.2. The highest BCUT2D eigenvalue weighted by atomic mass is 28.3. The molecule has 0 saturated heterocycles. The van der Waals surface area contributed by atoms with Crippen molar-refractivity contribution in [3.63, 3.8) is 0 Å². The molecule has 0 aliphatic heterocycles. The van der Waals surface area contributed by atoms with Crippen molar-refractivity contribution in [1.82, 2.24) is 0 Å². The largest absolute Gasteiger partial charge is 0.0808 e. The van der Waals surface area contributed by atoms with Crippen LogP contribution in [0.5, 0.6) is 0 Å². The summed E-state index contributed by atoms with van der Waals surface area (Å²) < 4.78 is 0. The van der Waals surface area contributed by atoms with E-state index < -0.39 is 8.07 Å². The number of hydrogen-bond acceptors (Lipinski definition) is 0. The molecule has 3 unspecified atom stereocenters. The van der Waals surface area contributed by atoms with Gasteiger partial charge in [-0.15, -0.1) is 0 Å². The summed E-state index contributed by atoms with van der Waals surface area (Å²) in [5.41, 5.74) is 1.92. The molecule has 0 bridgehead atoms. The number of hydrogen-bond donors (Lipinski definition) is 0. The molecule has 8 atom stereocenters. The van der Waals surface area contributed by atoms with Crippen LogP contribution in [0.25, 0.3) is 0 Å². The second-order valence-corrected chi connectivity index (χ2v) is 14.3. The van der Waals surface area contributed by atoms with Crippen LogP contribution in [0.3, 0.4) is 0 Å². The maximum absolute atomic E-state index is 2.73. The van der Waals surface area contributed by atoms with E-state index in [1.54, 1.807) is 0 Å². The van der Waals surface area contributed by atoms with Crippen molar-refractivity contribution in [2.75, 3.05) is 0 Å². The van der Waals surface area contributed by atoms with E-state index in [0.717, 1.165) is 46.6 Å². The Hall–Kier alpha value is -0.823. The zero-order chi connectivity index (χ0) is 16.2. The van der Waals surface area contributed by atoms with Gasteiger partial charge in [0, 0.05) is 0 Å². The van der Waals surface area contributed by atoms with Gasteiger partial charge in [-0.05, 0) is 59.4 Å². The molecule has 0 aromatic carbocycles. The normalized spacial score (nSPS) is 47.8. The molecule has 0 spiro atoms. The fourth-order valence-electron chi connectivity index (χ4n) is 7.18. The van der Waals surface area contributed by atoms with Crippen LogP contribution in [0.15, 0.2) is 48.6 Å². The van der Waals surface area contributed by atoms with E-state index in [1.807, 2.05) is 0 Å². The molecule has 23 heavy (non-hydrogen) atoms. The fourth-order valence-corrected chi connectivity index (χ4v) is 13.5. The molecule has 0 aromatic heterocycles. The Balaban J connectivity index is 1.67. The van der Waals surface area contributed by atoms with E-state index in [1.165, 1.54) is 12.8 Å². The van der Waals surface area contributed by atoms with Crippen LogP contribution >= 0.6 is 0 Å². The van der Waals surface area contributed by atoms with Crippen molar-refractivity contribution in [3.8, 4) is 0 Å². The predicted molar refractivity (Wildman–Crippen MR) is 103 cm³/mol. The molecule has 4 rings (SSSR count). The van der Waals surface area contributed by atoms with Gasteiger partial charge < -0.3 is 0 Å². The molecule has 0 radical (unpaired) electrons. The van der Waals surface area contributed by atoms with E-state index in [4.69, 9.17) is 0 Å². The van der Waals surface area contributed by atoms with Crippen molar-refractivity contribution in [2.24, 2.45) is 35.5 Å². The standard InChI is InChI=1S/C22H32Si/c1-15-13-17-9-5-7-11-19(17)21(15)23(3,4)22-16(2)14-18-10-6-8-12-20(18)22/h5-12,15-22H,13-14H2,1-4H3/t15?,16?,17-,18-,19-,20-,21-,22?/m0/s1. The Kier molecular flexibility index (Phi) is 3.83. The second-order valence-electron chi connectivity index (χ2n) is 9.32. The van der Waals surface area contributed by atoms with Gasteiger partial charge in [0.2, 0.25) is 0 Å². The number of allylic oxidation sites excluding steroid dienone is 8. The maximum Gasteiger partial charge on any atom is 0.0553 e. The van der Waals surface area contributed by atoms with Crippen LogP contribution in [0.2, 0.25) is 24.2 Å². The minimum absolute atomic E-state index is 0.820. The zero-order valence-electron chi connectivity index (χ0n) is 15.2. The van der Waals surface area contributed by atoms with E-state index in [0.29, 0.717) is 0 Å². The van der Waals surface area contributed by atoms with E-state index >= 15 is 0 Å². The molecule has 0 amide bonds. The van der Waals surface area contributed by atoms with Gasteiger partial charge in [-0.2, -0.15) is 0 Å². The summed E-state index contributed by atoms with van der Waals surface area (Å²) in [4.78, 5) is 0. The molecule has 0 nitrogen and oxygen atoms in total. The Bertz CT molecular complexity index is 529. The summed E-state index contributed by atoms with van der Waals surface area (Å²) in [6.07, 6.45) is 22.1. The summed E-state index contributed by atoms with van der Waals surface area (Å²) in [6, 6.07) is 0. The third-order valence-corrected chi connectivity index (χ3v) is 13.0. The van der Waals surface area contributed by atoms with Gasteiger partial charge in [-0.1, -0.05) is 75.5 Å². The average molecular weight is 325 g/mol. The number of fused-ring (bicyclic) bond motifs is 2. The Labute approximate surface area is 143 Å². The Morgan fingerprint density at radius 3 is 1.48 bits per heavy atom. The summed E-state index contributed by atoms with van der Waals surface area (Å²) in [7, 11) is -1.35. The molecule has 0 N–H and O–H groups in total. The fraction of sp³-hybridized carbons (Fsp3) is 0.636. The van der Waals surface area contributed by atoms with E-state index in [2.05, 4.69) is 75.5 Å². The predicted octanol–water partition coefficient (Wildman–Crippen LogP) is 6.23. The van der Waals surface area contributed by atoms with Crippen LogP contribution in [0.1, 0.15) is 26.7 Å². The molecule has 1 heteroatoms. The maximum atomic E-state index is 2.73. The molecule has 0 heterocycles.